The highest BCUT2D eigenvalue weighted by Gasteiger charge is 2.18. The summed E-state index contributed by atoms with van der Waals surface area (Å²) in [5, 5.41) is 8.94. The molecule has 0 radical (unpaired) electrons. The highest BCUT2D eigenvalue weighted by Crippen LogP contribution is 2.27. The SMILES string of the molecule is C=C(C(=O)O)C(CCC)c1ccccc1. The van der Waals surface area contributed by atoms with Crippen molar-refractivity contribution in [2.24, 2.45) is 0 Å². The average Bonchev–Trinajstić information content (AvgIpc) is 2.26. The van der Waals surface area contributed by atoms with Crippen molar-refractivity contribution >= 4 is 5.97 Å². The molecule has 0 heterocycles. The standard InChI is InChI=1S/C13H16O2/c1-3-7-12(10(2)13(14)15)11-8-5-4-6-9-11/h4-6,8-9,12H,2-3,7H2,1H3,(H,14,15). The lowest BCUT2D eigenvalue weighted by molar-refractivity contribution is -0.132. The zero-order valence-electron chi connectivity index (χ0n) is 8.94. The van der Waals surface area contributed by atoms with Crippen LogP contribution in [0.25, 0.3) is 0 Å². The summed E-state index contributed by atoms with van der Waals surface area (Å²) in [6.07, 6.45) is 1.78. The van der Waals surface area contributed by atoms with Crippen LogP contribution < -0.4 is 0 Å². The number of hydrogen-bond acceptors (Lipinski definition) is 1. The maximum atomic E-state index is 10.9. The van der Waals surface area contributed by atoms with Gasteiger partial charge in [-0.3, -0.25) is 0 Å². The first-order valence-electron chi connectivity index (χ1n) is 5.13. The van der Waals surface area contributed by atoms with Gasteiger partial charge in [0.2, 0.25) is 0 Å². The molecule has 2 heteroatoms. The molecular formula is C13H16O2. The van der Waals surface area contributed by atoms with Gasteiger partial charge in [0.15, 0.2) is 0 Å². The maximum Gasteiger partial charge on any atom is 0.331 e. The highest BCUT2D eigenvalue weighted by molar-refractivity contribution is 5.87. The van der Waals surface area contributed by atoms with E-state index in [1.165, 1.54) is 0 Å². The molecule has 0 aliphatic carbocycles. The molecule has 1 aromatic carbocycles. The molecule has 1 aromatic rings. The van der Waals surface area contributed by atoms with E-state index in [0.29, 0.717) is 0 Å². The van der Waals surface area contributed by atoms with Crippen LogP contribution in [-0.2, 0) is 4.79 Å². The lowest BCUT2D eigenvalue weighted by atomic mass is 9.88. The molecule has 0 fully saturated rings. The first-order valence-corrected chi connectivity index (χ1v) is 5.13. The van der Waals surface area contributed by atoms with Crippen molar-refractivity contribution in [1.29, 1.82) is 0 Å². The molecule has 0 aliphatic rings. The average molecular weight is 204 g/mol. The fourth-order valence-corrected chi connectivity index (χ4v) is 1.67. The van der Waals surface area contributed by atoms with Crippen molar-refractivity contribution in [2.75, 3.05) is 0 Å². The van der Waals surface area contributed by atoms with Gasteiger partial charge >= 0.3 is 5.97 Å². The third-order valence-electron chi connectivity index (χ3n) is 2.47. The zero-order valence-corrected chi connectivity index (χ0v) is 8.94. The van der Waals surface area contributed by atoms with E-state index in [1.54, 1.807) is 0 Å². The van der Waals surface area contributed by atoms with E-state index in [2.05, 4.69) is 6.58 Å². The molecule has 1 unspecified atom stereocenters. The number of carboxylic acid groups (broad SMARTS) is 1. The summed E-state index contributed by atoms with van der Waals surface area (Å²) in [5.41, 5.74) is 1.31. The first kappa shape index (κ1) is 11.5. The maximum absolute atomic E-state index is 10.9. The molecule has 15 heavy (non-hydrogen) atoms. The minimum atomic E-state index is -0.905. The fraction of sp³-hybridized carbons (Fsp3) is 0.308. The van der Waals surface area contributed by atoms with Crippen LogP contribution in [0.5, 0.6) is 0 Å². The number of aliphatic carboxylic acids is 1. The van der Waals surface area contributed by atoms with Crippen molar-refractivity contribution in [3.8, 4) is 0 Å². The fourth-order valence-electron chi connectivity index (χ4n) is 1.67. The Hall–Kier alpha value is -1.57. The van der Waals surface area contributed by atoms with Crippen LogP contribution in [0.1, 0.15) is 31.2 Å². The van der Waals surface area contributed by atoms with E-state index in [9.17, 15) is 4.79 Å². The van der Waals surface area contributed by atoms with Crippen LogP contribution >= 0.6 is 0 Å². The van der Waals surface area contributed by atoms with Crippen molar-refractivity contribution in [3.05, 3.63) is 48.0 Å². The van der Waals surface area contributed by atoms with Gasteiger partial charge < -0.3 is 5.11 Å². The van der Waals surface area contributed by atoms with Gasteiger partial charge in [-0.05, 0) is 12.0 Å². The smallest absolute Gasteiger partial charge is 0.331 e. The Bertz CT molecular complexity index is 341. The van der Waals surface area contributed by atoms with Crippen LogP contribution in [0.4, 0.5) is 0 Å². The third-order valence-corrected chi connectivity index (χ3v) is 2.47. The molecule has 1 N–H and O–H groups in total. The number of rotatable bonds is 5. The summed E-state index contributed by atoms with van der Waals surface area (Å²) in [6, 6.07) is 9.68. The Morgan fingerprint density at radius 1 is 1.40 bits per heavy atom. The van der Waals surface area contributed by atoms with Crippen molar-refractivity contribution < 1.29 is 9.90 Å². The van der Waals surface area contributed by atoms with Crippen molar-refractivity contribution in [2.45, 2.75) is 25.7 Å². The van der Waals surface area contributed by atoms with E-state index >= 15 is 0 Å². The number of carboxylic acids is 1. The van der Waals surface area contributed by atoms with Gasteiger partial charge in [0, 0.05) is 11.5 Å². The topological polar surface area (TPSA) is 37.3 Å². The van der Waals surface area contributed by atoms with Gasteiger partial charge in [-0.1, -0.05) is 50.3 Å². The van der Waals surface area contributed by atoms with E-state index in [4.69, 9.17) is 5.11 Å². The third kappa shape index (κ3) is 2.94. The van der Waals surface area contributed by atoms with Crippen molar-refractivity contribution in [1.82, 2.24) is 0 Å². The zero-order chi connectivity index (χ0) is 11.3. The van der Waals surface area contributed by atoms with Gasteiger partial charge in [-0.15, -0.1) is 0 Å². The van der Waals surface area contributed by atoms with Gasteiger partial charge in [0.1, 0.15) is 0 Å². The van der Waals surface area contributed by atoms with E-state index < -0.39 is 5.97 Å². The quantitative estimate of drug-likeness (QED) is 0.748. The Balaban J connectivity index is 2.93. The summed E-state index contributed by atoms with van der Waals surface area (Å²) < 4.78 is 0. The summed E-state index contributed by atoms with van der Waals surface area (Å²) in [4.78, 5) is 10.9. The van der Waals surface area contributed by atoms with E-state index in [1.807, 2.05) is 37.3 Å². The summed E-state index contributed by atoms with van der Waals surface area (Å²) in [6.45, 7) is 5.70. The Morgan fingerprint density at radius 3 is 2.47 bits per heavy atom. The molecule has 80 valence electrons. The van der Waals surface area contributed by atoms with Gasteiger partial charge in [0.05, 0.1) is 0 Å². The molecule has 1 rings (SSSR count). The Labute approximate surface area is 90.3 Å². The second kappa shape index (κ2) is 5.35. The molecule has 1 atom stereocenters. The first-order chi connectivity index (χ1) is 7.16. The number of hydrogen-bond donors (Lipinski definition) is 1. The molecule has 0 amide bonds. The largest absolute Gasteiger partial charge is 0.478 e. The Morgan fingerprint density at radius 2 is 2.00 bits per heavy atom. The van der Waals surface area contributed by atoms with Gasteiger partial charge in [-0.25, -0.2) is 4.79 Å². The number of benzene rings is 1. The normalized spacial score (nSPS) is 12.1. The molecule has 2 nitrogen and oxygen atoms in total. The van der Waals surface area contributed by atoms with Crippen LogP contribution in [0.2, 0.25) is 0 Å². The summed E-state index contributed by atoms with van der Waals surface area (Å²) in [7, 11) is 0. The lowest BCUT2D eigenvalue weighted by Gasteiger charge is -2.16. The second-order valence-electron chi connectivity index (χ2n) is 3.58. The van der Waals surface area contributed by atoms with Gasteiger partial charge in [0.25, 0.3) is 0 Å². The van der Waals surface area contributed by atoms with E-state index in [-0.39, 0.29) is 11.5 Å². The van der Waals surface area contributed by atoms with Crippen LogP contribution in [-0.4, -0.2) is 11.1 Å². The molecule has 0 aromatic heterocycles. The Kier molecular flexibility index (Phi) is 4.10. The predicted molar refractivity (Wildman–Crippen MR) is 60.9 cm³/mol. The van der Waals surface area contributed by atoms with Crippen LogP contribution in [0.15, 0.2) is 42.5 Å². The molecule has 0 aliphatic heterocycles. The van der Waals surface area contributed by atoms with Crippen molar-refractivity contribution in [3.63, 3.8) is 0 Å². The molecular weight excluding hydrogens is 188 g/mol. The number of carbonyl (C=O) groups is 1. The van der Waals surface area contributed by atoms with Crippen LogP contribution in [0.3, 0.4) is 0 Å². The molecule has 0 saturated heterocycles. The van der Waals surface area contributed by atoms with Crippen LogP contribution in [0, 0.1) is 0 Å². The van der Waals surface area contributed by atoms with E-state index in [0.717, 1.165) is 18.4 Å². The highest BCUT2D eigenvalue weighted by atomic mass is 16.4. The lowest BCUT2D eigenvalue weighted by Crippen LogP contribution is -2.10. The monoisotopic (exact) mass is 204 g/mol. The molecule has 0 spiro atoms. The minimum Gasteiger partial charge on any atom is -0.478 e. The summed E-state index contributed by atoms with van der Waals surface area (Å²) >= 11 is 0. The van der Waals surface area contributed by atoms with Gasteiger partial charge in [-0.2, -0.15) is 0 Å². The molecule has 0 saturated carbocycles. The molecule has 0 bridgehead atoms. The summed E-state index contributed by atoms with van der Waals surface area (Å²) in [5.74, 6) is -0.967. The second-order valence-corrected chi connectivity index (χ2v) is 3.58. The predicted octanol–water partition coefficient (Wildman–Crippen LogP) is 3.21. The minimum absolute atomic E-state index is 0.0614.